The summed E-state index contributed by atoms with van der Waals surface area (Å²) in [5, 5.41) is 4.57. The van der Waals surface area contributed by atoms with Crippen molar-refractivity contribution in [1.29, 1.82) is 0 Å². The second-order valence-electron chi connectivity index (χ2n) is 5.56. The molecule has 21 heavy (non-hydrogen) atoms. The summed E-state index contributed by atoms with van der Waals surface area (Å²) in [5.41, 5.74) is 3.41. The van der Waals surface area contributed by atoms with Crippen LogP contribution in [0.15, 0.2) is 30.3 Å². The van der Waals surface area contributed by atoms with Gasteiger partial charge in [-0.25, -0.2) is 0 Å². The molecule has 0 radical (unpaired) electrons. The van der Waals surface area contributed by atoms with Gasteiger partial charge in [0.1, 0.15) is 0 Å². The molecule has 1 N–H and O–H groups in total. The fourth-order valence-corrected chi connectivity index (χ4v) is 2.87. The number of nitrogens with one attached hydrogen (secondary N) is 1. The fourth-order valence-electron chi connectivity index (χ4n) is 2.87. The van der Waals surface area contributed by atoms with Crippen LogP contribution >= 0.6 is 0 Å². The molecule has 3 rings (SSSR count). The van der Waals surface area contributed by atoms with Crippen molar-refractivity contribution >= 4 is 16.6 Å². The first-order chi connectivity index (χ1) is 10.3. The molecule has 1 aliphatic rings. The van der Waals surface area contributed by atoms with Gasteiger partial charge in [0.25, 0.3) is 0 Å². The zero-order valence-electron chi connectivity index (χ0n) is 12.8. The maximum absolute atomic E-state index is 5.54. The molecular formula is C17H23N3O. The highest BCUT2D eigenvalue weighted by Gasteiger charge is 2.22. The van der Waals surface area contributed by atoms with E-state index in [1.807, 2.05) is 0 Å². The molecule has 4 heteroatoms. The van der Waals surface area contributed by atoms with Crippen LogP contribution in [0.5, 0.6) is 0 Å². The van der Waals surface area contributed by atoms with Crippen LogP contribution in [0.4, 0.5) is 5.69 Å². The molecule has 1 atom stereocenters. The SMILES string of the molecule is CCNCc1cc(N(C)C2CCOC2)c2ccccc2n1. The van der Waals surface area contributed by atoms with Crippen molar-refractivity contribution in [3.05, 3.63) is 36.0 Å². The Bertz CT molecular complexity index is 608. The molecule has 0 spiro atoms. The summed E-state index contributed by atoms with van der Waals surface area (Å²) in [6.07, 6.45) is 1.09. The third-order valence-corrected chi connectivity index (χ3v) is 4.14. The van der Waals surface area contributed by atoms with E-state index in [9.17, 15) is 0 Å². The van der Waals surface area contributed by atoms with Crippen LogP contribution in [0.2, 0.25) is 0 Å². The Labute approximate surface area is 126 Å². The van der Waals surface area contributed by atoms with E-state index in [1.54, 1.807) is 0 Å². The molecule has 1 saturated heterocycles. The summed E-state index contributed by atoms with van der Waals surface area (Å²) in [4.78, 5) is 7.12. The van der Waals surface area contributed by atoms with Gasteiger partial charge in [0, 0.05) is 31.3 Å². The summed E-state index contributed by atoms with van der Waals surface area (Å²) < 4.78 is 5.54. The lowest BCUT2D eigenvalue weighted by Gasteiger charge is -2.27. The van der Waals surface area contributed by atoms with Crippen molar-refractivity contribution in [1.82, 2.24) is 10.3 Å². The van der Waals surface area contributed by atoms with E-state index >= 15 is 0 Å². The summed E-state index contributed by atoms with van der Waals surface area (Å²) in [7, 11) is 2.16. The molecular weight excluding hydrogens is 262 g/mol. The Hall–Kier alpha value is -1.65. The van der Waals surface area contributed by atoms with Gasteiger partial charge in [-0.3, -0.25) is 4.98 Å². The van der Waals surface area contributed by atoms with Crippen molar-refractivity contribution in [2.24, 2.45) is 0 Å². The van der Waals surface area contributed by atoms with Crippen molar-refractivity contribution in [2.45, 2.75) is 25.9 Å². The number of aromatic nitrogens is 1. The fraction of sp³-hybridized carbons (Fsp3) is 0.471. The minimum atomic E-state index is 0.461. The maximum Gasteiger partial charge on any atom is 0.0726 e. The summed E-state index contributed by atoms with van der Waals surface area (Å²) in [5.74, 6) is 0. The van der Waals surface area contributed by atoms with Crippen LogP contribution in [0.25, 0.3) is 10.9 Å². The van der Waals surface area contributed by atoms with Crippen LogP contribution in [0, 0.1) is 0 Å². The van der Waals surface area contributed by atoms with Gasteiger partial charge in [0.05, 0.1) is 23.9 Å². The predicted octanol–water partition coefficient (Wildman–Crippen LogP) is 2.57. The third kappa shape index (κ3) is 3.01. The molecule has 112 valence electrons. The summed E-state index contributed by atoms with van der Waals surface area (Å²) in [6.45, 7) is 5.56. The van der Waals surface area contributed by atoms with Crippen LogP contribution < -0.4 is 10.2 Å². The van der Waals surface area contributed by atoms with Crippen LogP contribution in [0.1, 0.15) is 19.0 Å². The van der Waals surface area contributed by atoms with Crippen LogP contribution in [-0.4, -0.2) is 37.8 Å². The molecule has 1 aromatic heterocycles. The minimum absolute atomic E-state index is 0.461. The number of benzene rings is 1. The molecule has 0 aliphatic carbocycles. The van der Waals surface area contributed by atoms with E-state index in [4.69, 9.17) is 9.72 Å². The second-order valence-corrected chi connectivity index (χ2v) is 5.56. The molecule has 1 fully saturated rings. The van der Waals surface area contributed by atoms with Gasteiger partial charge in [0.2, 0.25) is 0 Å². The highest BCUT2D eigenvalue weighted by Crippen LogP contribution is 2.29. The van der Waals surface area contributed by atoms with Crippen molar-refractivity contribution < 1.29 is 4.74 Å². The molecule has 0 amide bonds. The zero-order chi connectivity index (χ0) is 14.7. The Balaban J connectivity index is 2.01. The first-order valence-corrected chi connectivity index (χ1v) is 7.69. The lowest BCUT2D eigenvalue weighted by atomic mass is 10.1. The first-order valence-electron chi connectivity index (χ1n) is 7.69. The molecule has 0 bridgehead atoms. The molecule has 2 heterocycles. The van der Waals surface area contributed by atoms with Gasteiger partial charge >= 0.3 is 0 Å². The number of para-hydroxylation sites is 1. The average molecular weight is 285 g/mol. The zero-order valence-corrected chi connectivity index (χ0v) is 12.8. The highest BCUT2D eigenvalue weighted by atomic mass is 16.5. The van der Waals surface area contributed by atoms with Gasteiger partial charge < -0.3 is 15.0 Å². The normalized spacial score (nSPS) is 18.3. The molecule has 0 saturated carbocycles. The van der Waals surface area contributed by atoms with Gasteiger partial charge in [-0.15, -0.1) is 0 Å². The van der Waals surface area contributed by atoms with Gasteiger partial charge in [0.15, 0.2) is 0 Å². The number of nitrogens with zero attached hydrogens (tertiary/aromatic N) is 2. The highest BCUT2D eigenvalue weighted by molar-refractivity contribution is 5.92. The number of hydrogen-bond acceptors (Lipinski definition) is 4. The summed E-state index contributed by atoms with van der Waals surface area (Å²) >= 11 is 0. The van der Waals surface area contributed by atoms with Crippen LogP contribution in [0.3, 0.4) is 0 Å². The van der Waals surface area contributed by atoms with Crippen molar-refractivity contribution in [3.63, 3.8) is 0 Å². The quantitative estimate of drug-likeness (QED) is 0.916. The lowest BCUT2D eigenvalue weighted by molar-refractivity contribution is 0.193. The largest absolute Gasteiger partial charge is 0.379 e. The Morgan fingerprint density at radius 3 is 3.00 bits per heavy atom. The second kappa shape index (κ2) is 6.41. The molecule has 1 unspecified atom stereocenters. The average Bonchev–Trinajstić information content (AvgIpc) is 3.05. The Kier molecular flexibility index (Phi) is 4.36. The van der Waals surface area contributed by atoms with E-state index in [2.05, 4.69) is 54.5 Å². The number of pyridine rings is 1. The van der Waals surface area contributed by atoms with Crippen LogP contribution in [-0.2, 0) is 11.3 Å². The van der Waals surface area contributed by atoms with E-state index in [1.165, 1.54) is 11.1 Å². The van der Waals surface area contributed by atoms with E-state index in [0.29, 0.717) is 6.04 Å². The molecule has 4 nitrogen and oxygen atoms in total. The van der Waals surface area contributed by atoms with E-state index in [0.717, 1.165) is 43.9 Å². The number of anilines is 1. The van der Waals surface area contributed by atoms with Gasteiger partial charge in [-0.05, 0) is 25.1 Å². The van der Waals surface area contributed by atoms with E-state index < -0.39 is 0 Å². The minimum Gasteiger partial charge on any atom is -0.379 e. The predicted molar refractivity (Wildman–Crippen MR) is 86.8 cm³/mol. The summed E-state index contributed by atoms with van der Waals surface area (Å²) in [6, 6.07) is 11.0. The number of likely N-dealkylation sites (N-methyl/N-ethyl adjacent to an activating group) is 1. The van der Waals surface area contributed by atoms with Crippen molar-refractivity contribution in [2.75, 3.05) is 31.7 Å². The number of rotatable bonds is 5. The van der Waals surface area contributed by atoms with Gasteiger partial charge in [-0.1, -0.05) is 25.1 Å². The van der Waals surface area contributed by atoms with Gasteiger partial charge in [-0.2, -0.15) is 0 Å². The number of ether oxygens (including phenoxy) is 1. The smallest absolute Gasteiger partial charge is 0.0726 e. The van der Waals surface area contributed by atoms with Crippen molar-refractivity contribution in [3.8, 4) is 0 Å². The Morgan fingerprint density at radius 1 is 1.38 bits per heavy atom. The number of hydrogen-bond donors (Lipinski definition) is 1. The molecule has 1 aromatic carbocycles. The lowest BCUT2D eigenvalue weighted by Crippen LogP contribution is -2.32. The topological polar surface area (TPSA) is 37.4 Å². The third-order valence-electron chi connectivity index (χ3n) is 4.14. The standard InChI is InChI=1S/C17H23N3O/c1-3-18-11-13-10-17(20(2)14-8-9-21-12-14)15-6-4-5-7-16(15)19-13/h4-7,10,14,18H,3,8-9,11-12H2,1-2H3. The monoisotopic (exact) mass is 285 g/mol. The number of fused-ring (bicyclic) bond motifs is 1. The first kappa shape index (κ1) is 14.3. The van der Waals surface area contributed by atoms with E-state index in [-0.39, 0.29) is 0 Å². The maximum atomic E-state index is 5.54. The Morgan fingerprint density at radius 2 is 2.24 bits per heavy atom. The molecule has 2 aromatic rings. The molecule has 1 aliphatic heterocycles.